The van der Waals surface area contributed by atoms with Crippen LogP contribution >= 0.6 is 0 Å². The number of carbonyl (C=O) groups excluding carboxylic acids is 2. The molecule has 1 aliphatic heterocycles. The highest BCUT2D eigenvalue weighted by Crippen LogP contribution is 2.17. The molecule has 0 aromatic heterocycles. The molecule has 0 aromatic carbocycles. The molecule has 0 radical (unpaired) electrons. The van der Waals surface area contributed by atoms with Gasteiger partial charge in [-0.25, -0.2) is 0 Å². The fourth-order valence-corrected chi connectivity index (χ4v) is 2.07. The van der Waals surface area contributed by atoms with E-state index < -0.39 is 0 Å². The first kappa shape index (κ1) is 14.0. The van der Waals surface area contributed by atoms with E-state index in [0.29, 0.717) is 12.3 Å². The summed E-state index contributed by atoms with van der Waals surface area (Å²) in [7, 11) is 3.26. The number of amides is 2. The molecule has 17 heavy (non-hydrogen) atoms. The third-order valence-electron chi connectivity index (χ3n) is 3.31. The lowest BCUT2D eigenvalue weighted by atomic mass is 9.93. The molecule has 1 fully saturated rings. The van der Waals surface area contributed by atoms with Gasteiger partial charge in [-0.2, -0.15) is 0 Å². The third-order valence-corrected chi connectivity index (χ3v) is 3.31. The smallest absolute Gasteiger partial charge is 0.239 e. The van der Waals surface area contributed by atoms with E-state index in [2.05, 4.69) is 10.6 Å². The van der Waals surface area contributed by atoms with Crippen molar-refractivity contribution in [3.63, 3.8) is 0 Å². The van der Waals surface area contributed by atoms with Crippen molar-refractivity contribution in [3.05, 3.63) is 0 Å². The van der Waals surface area contributed by atoms with Crippen molar-refractivity contribution in [3.8, 4) is 0 Å². The molecule has 1 rings (SSSR count). The van der Waals surface area contributed by atoms with E-state index in [0.717, 1.165) is 32.4 Å². The minimum Gasteiger partial charge on any atom is -0.358 e. The summed E-state index contributed by atoms with van der Waals surface area (Å²) in [5, 5.41) is 5.83. The zero-order valence-electron chi connectivity index (χ0n) is 10.8. The Morgan fingerprint density at radius 1 is 1.35 bits per heavy atom. The summed E-state index contributed by atoms with van der Waals surface area (Å²) < 4.78 is 0. The molecule has 0 unspecified atom stereocenters. The minimum atomic E-state index is -0.122. The maximum absolute atomic E-state index is 11.8. The van der Waals surface area contributed by atoms with Crippen LogP contribution in [0.3, 0.4) is 0 Å². The molecule has 0 aliphatic carbocycles. The minimum absolute atomic E-state index is 0.0622. The van der Waals surface area contributed by atoms with E-state index in [4.69, 9.17) is 0 Å². The maximum Gasteiger partial charge on any atom is 0.239 e. The van der Waals surface area contributed by atoms with E-state index in [9.17, 15) is 9.59 Å². The Hall–Kier alpha value is -1.10. The molecular weight excluding hydrogens is 218 g/mol. The molecule has 0 aromatic rings. The first-order valence-corrected chi connectivity index (χ1v) is 6.28. The first-order chi connectivity index (χ1) is 8.13. The Bertz CT molecular complexity index is 262. The maximum atomic E-state index is 11.8. The number of carbonyl (C=O) groups is 2. The number of hydrogen-bond acceptors (Lipinski definition) is 3. The fraction of sp³-hybridized carbons (Fsp3) is 0.833. The van der Waals surface area contributed by atoms with Crippen molar-refractivity contribution in [2.24, 2.45) is 5.92 Å². The molecular formula is C12H23N3O2. The average Bonchev–Trinajstić information content (AvgIpc) is 2.36. The number of nitrogens with zero attached hydrogens (tertiary/aromatic N) is 1. The van der Waals surface area contributed by atoms with Gasteiger partial charge in [-0.05, 0) is 38.3 Å². The van der Waals surface area contributed by atoms with Gasteiger partial charge in [0.25, 0.3) is 0 Å². The second-order valence-corrected chi connectivity index (χ2v) is 4.66. The van der Waals surface area contributed by atoms with Gasteiger partial charge in [0.15, 0.2) is 0 Å². The van der Waals surface area contributed by atoms with Crippen molar-refractivity contribution in [1.82, 2.24) is 15.5 Å². The molecule has 0 bridgehead atoms. The Morgan fingerprint density at radius 2 is 2.00 bits per heavy atom. The summed E-state index contributed by atoms with van der Waals surface area (Å²) in [5.74, 6) is 0.600. The fourth-order valence-electron chi connectivity index (χ4n) is 2.07. The molecule has 5 heteroatoms. The summed E-state index contributed by atoms with van der Waals surface area (Å²) in [6, 6.07) is 0. The zero-order valence-corrected chi connectivity index (χ0v) is 10.8. The van der Waals surface area contributed by atoms with E-state index in [1.807, 2.05) is 0 Å². The summed E-state index contributed by atoms with van der Waals surface area (Å²) in [6.07, 6.45) is 3.82. The van der Waals surface area contributed by atoms with Gasteiger partial charge in [0.05, 0.1) is 6.54 Å². The number of likely N-dealkylation sites (N-methyl/N-ethyl adjacent to an activating group) is 2. The molecule has 1 aliphatic rings. The summed E-state index contributed by atoms with van der Waals surface area (Å²) in [4.78, 5) is 24.4. The third kappa shape index (κ3) is 5.17. The van der Waals surface area contributed by atoms with E-state index in [1.165, 1.54) is 4.90 Å². The van der Waals surface area contributed by atoms with Crippen LogP contribution in [0.15, 0.2) is 0 Å². The topological polar surface area (TPSA) is 61.4 Å². The Labute approximate surface area is 103 Å². The molecule has 0 spiro atoms. The second-order valence-electron chi connectivity index (χ2n) is 4.66. The summed E-state index contributed by atoms with van der Waals surface area (Å²) in [6.45, 7) is 2.28. The SMILES string of the molecule is CNC(=O)CN(C)C(=O)CCC1CCNCC1. The van der Waals surface area contributed by atoms with Gasteiger partial charge in [-0.3, -0.25) is 9.59 Å². The second kappa shape index (κ2) is 7.27. The molecule has 0 atom stereocenters. The van der Waals surface area contributed by atoms with Crippen LogP contribution in [0.25, 0.3) is 0 Å². The molecule has 0 saturated carbocycles. The molecule has 2 amide bonds. The van der Waals surface area contributed by atoms with Gasteiger partial charge in [-0.1, -0.05) is 0 Å². The van der Waals surface area contributed by atoms with Crippen LogP contribution in [0, 0.1) is 5.92 Å². The number of nitrogens with one attached hydrogen (secondary N) is 2. The van der Waals surface area contributed by atoms with Gasteiger partial charge < -0.3 is 15.5 Å². The number of hydrogen-bond donors (Lipinski definition) is 2. The Kier molecular flexibility index (Phi) is 5.97. The standard InChI is InChI=1S/C12H23N3O2/c1-13-11(16)9-15(2)12(17)4-3-10-5-7-14-8-6-10/h10,14H,3-9H2,1-2H3,(H,13,16). The van der Waals surface area contributed by atoms with Gasteiger partial charge in [0.1, 0.15) is 0 Å². The quantitative estimate of drug-likeness (QED) is 0.710. The van der Waals surface area contributed by atoms with Crippen LogP contribution < -0.4 is 10.6 Å². The normalized spacial score (nSPS) is 16.6. The molecule has 5 nitrogen and oxygen atoms in total. The van der Waals surface area contributed by atoms with Crippen LogP contribution in [-0.4, -0.2) is 50.4 Å². The lowest BCUT2D eigenvalue weighted by Gasteiger charge is -2.23. The lowest BCUT2D eigenvalue weighted by molar-refractivity contribution is -0.134. The molecule has 1 heterocycles. The molecule has 1 saturated heterocycles. The monoisotopic (exact) mass is 241 g/mol. The van der Waals surface area contributed by atoms with Crippen molar-refractivity contribution in [1.29, 1.82) is 0 Å². The number of piperidine rings is 1. The van der Waals surface area contributed by atoms with Gasteiger partial charge in [-0.15, -0.1) is 0 Å². The van der Waals surface area contributed by atoms with Crippen LogP contribution in [0.1, 0.15) is 25.7 Å². The zero-order chi connectivity index (χ0) is 12.7. The van der Waals surface area contributed by atoms with E-state index in [1.54, 1.807) is 14.1 Å². The van der Waals surface area contributed by atoms with Gasteiger partial charge in [0, 0.05) is 20.5 Å². The number of rotatable bonds is 5. The average molecular weight is 241 g/mol. The van der Waals surface area contributed by atoms with E-state index >= 15 is 0 Å². The van der Waals surface area contributed by atoms with Crippen LogP contribution in [0.4, 0.5) is 0 Å². The molecule has 2 N–H and O–H groups in total. The highest BCUT2D eigenvalue weighted by molar-refractivity contribution is 5.84. The summed E-state index contributed by atoms with van der Waals surface area (Å²) >= 11 is 0. The Morgan fingerprint density at radius 3 is 2.59 bits per heavy atom. The molecule has 98 valence electrons. The largest absolute Gasteiger partial charge is 0.358 e. The van der Waals surface area contributed by atoms with E-state index in [-0.39, 0.29) is 18.4 Å². The van der Waals surface area contributed by atoms with Crippen molar-refractivity contribution in [2.45, 2.75) is 25.7 Å². The highest BCUT2D eigenvalue weighted by Gasteiger charge is 2.17. The Balaban J connectivity index is 2.21. The lowest BCUT2D eigenvalue weighted by Crippen LogP contribution is -2.37. The summed E-state index contributed by atoms with van der Waals surface area (Å²) in [5.41, 5.74) is 0. The predicted molar refractivity (Wildman–Crippen MR) is 66.5 cm³/mol. The predicted octanol–water partition coefficient (Wildman–Crippen LogP) is -0.0294. The first-order valence-electron chi connectivity index (χ1n) is 6.28. The van der Waals surface area contributed by atoms with Gasteiger partial charge >= 0.3 is 0 Å². The highest BCUT2D eigenvalue weighted by atomic mass is 16.2. The van der Waals surface area contributed by atoms with Crippen LogP contribution in [0.5, 0.6) is 0 Å². The van der Waals surface area contributed by atoms with Crippen molar-refractivity contribution >= 4 is 11.8 Å². The van der Waals surface area contributed by atoms with Crippen molar-refractivity contribution in [2.75, 3.05) is 33.7 Å². The van der Waals surface area contributed by atoms with Crippen LogP contribution in [-0.2, 0) is 9.59 Å². The van der Waals surface area contributed by atoms with Crippen molar-refractivity contribution < 1.29 is 9.59 Å². The van der Waals surface area contributed by atoms with Crippen LogP contribution in [0.2, 0.25) is 0 Å². The van der Waals surface area contributed by atoms with Gasteiger partial charge in [0.2, 0.25) is 11.8 Å².